The van der Waals surface area contributed by atoms with Crippen molar-refractivity contribution < 1.29 is 0 Å². The summed E-state index contributed by atoms with van der Waals surface area (Å²) in [6.07, 6.45) is 1.15. The third kappa shape index (κ3) is 7.36. The maximum atomic E-state index is 3.02. The molecular formula is C8H15N. The largest absolute Gasteiger partial charge is 0.346 e. The van der Waals surface area contributed by atoms with Crippen molar-refractivity contribution in [2.75, 3.05) is 6.54 Å². The van der Waals surface area contributed by atoms with Crippen molar-refractivity contribution in [2.45, 2.75) is 27.2 Å². The van der Waals surface area contributed by atoms with Crippen molar-refractivity contribution in [3.05, 3.63) is 0 Å². The summed E-state index contributed by atoms with van der Waals surface area (Å²) in [6, 6.07) is 2.89. The summed E-state index contributed by atoms with van der Waals surface area (Å²) in [5, 5.41) is 3.01. The van der Waals surface area contributed by atoms with E-state index in [0.29, 0.717) is 5.92 Å². The van der Waals surface area contributed by atoms with Gasteiger partial charge in [-0.25, -0.2) is 0 Å². The second kappa shape index (κ2) is 5.50. The molecule has 0 bridgehead atoms. The standard InChI is InChI=1S/C8H15N/c1-4-6-9-7-5-8(2)3/h8-9H,4,6H2,1-3H3. The van der Waals surface area contributed by atoms with Crippen LogP contribution in [-0.2, 0) is 0 Å². The Morgan fingerprint density at radius 1 is 1.44 bits per heavy atom. The maximum Gasteiger partial charge on any atom is 0.0227 e. The van der Waals surface area contributed by atoms with Gasteiger partial charge in [-0.1, -0.05) is 26.7 Å². The summed E-state index contributed by atoms with van der Waals surface area (Å²) in [5.41, 5.74) is 0. The molecule has 1 N–H and O–H groups in total. The summed E-state index contributed by atoms with van der Waals surface area (Å²) in [6.45, 7) is 7.30. The molecule has 0 atom stereocenters. The first-order valence-corrected chi connectivity index (χ1v) is 3.50. The SMILES string of the molecule is CCCNC#CC(C)C. The average Bonchev–Trinajstić information content (AvgIpc) is 1.80. The number of hydrogen-bond donors (Lipinski definition) is 1. The lowest BCUT2D eigenvalue weighted by atomic mass is 10.2. The van der Waals surface area contributed by atoms with E-state index in [-0.39, 0.29) is 0 Å². The summed E-state index contributed by atoms with van der Waals surface area (Å²) in [4.78, 5) is 0. The fourth-order valence-electron chi connectivity index (χ4n) is 0.383. The summed E-state index contributed by atoms with van der Waals surface area (Å²) in [5.74, 6) is 3.50. The first-order chi connectivity index (χ1) is 4.27. The van der Waals surface area contributed by atoms with Crippen LogP contribution in [0.4, 0.5) is 0 Å². The Morgan fingerprint density at radius 3 is 2.56 bits per heavy atom. The van der Waals surface area contributed by atoms with Gasteiger partial charge in [0.2, 0.25) is 0 Å². The van der Waals surface area contributed by atoms with Crippen molar-refractivity contribution in [3.8, 4) is 12.0 Å². The van der Waals surface area contributed by atoms with Gasteiger partial charge in [0, 0.05) is 18.5 Å². The Balaban J connectivity index is 3.16. The average molecular weight is 125 g/mol. The smallest absolute Gasteiger partial charge is 0.0227 e. The van der Waals surface area contributed by atoms with Crippen molar-refractivity contribution >= 4 is 0 Å². The molecule has 0 heterocycles. The molecule has 0 aliphatic carbocycles. The van der Waals surface area contributed by atoms with Crippen LogP contribution < -0.4 is 5.32 Å². The van der Waals surface area contributed by atoms with Gasteiger partial charge in [0.15, 0.2) is 0 Å². The highest BCUT2D eigenvalue weighted by molar-refractivity contribution is 4.98. The van der Waals surface area contributed by atoms with Crippen LogP contribution in [0.1, 0.15) is 27.2 Å². The van der Waals surface area contributed by atoms with Gasteiger partial charge in [-0.05, 0) is 6.42 Å². The maximum absolute atomic E-state index is 3.02. The predicted molar refractivity (Wildman–Crippen MR) is 40.9 cm³/mol. The van der Waals surface area contributed by atoms with Crippen LogP contribution in [0.5, 0.6) is 0 Å². The zero-order chi connectivity index (χ0) is 7.11. The van der Waals surface area contributed by atoms with Crippen LogP contribution in [0, 0.1) is 17.9 Å². The van der Waals surface area contributed by atoms with E-state index < -0.39 is 0 Å². The molecule has 0 fully saturated rings. The highest BCUT2D eigenvalue weighted by atomic mass is 14.8. The van der Waals surface area contributed by atoms with Crippen LogP contribution in [-0.4, -0.2) is 6.54 Å². The van der Waals surface area contributed by atoms with Gasteiger partial charge in [-0.2, -0.15) is 0 Å². The Hall–Kier alpha value is -0.640. The molecule has 0 radical (unpaired) electrons. The van der Waals surface area contributed by atoms with Crippen LogP contribution >= 0.6 is 0 Å². The lowest BCUT2D eigenvalue weighted by molar-refractivity contribution is 0.817. The Morgan fingerprint density at radius 2 is 2.11 bits per heavy atom. The molecular weight excluding hydrogens is 110 g/mol. The molecule has 52 valence electrons. The molecule has 0 rings (SSSR count). The molecule has 1 heteroatoms. The molecule has 0 aromatic carbocycles. The van der Waals surface area contributed by atoms with E-state index in [4.69, 9.17) is 0 Å². The summed E-state index contributed by atoms with van der Waals surface area (Å²) < 4.78 is 0. The van der Waals surface area contributed by atoms with Crippen molar-refractivity contribution in [1.29, 1.82) is 0 Å². The minimum atomic E-state index is 0.481. The Labute approximate surface area is 57.8 Å². The van der Waals surface area contributed by atoms with E-state index in [1.807, 2.05) is 0 Å². The number of nitrogens with one attached hydrogen (secondary N) is 1. The van der Waals surface area contributed by atoms with E-state index in [1.54, 1.807) is 0 Å². The quantitative estimate of drug-likeness (QED) is 0.336. The van der Waals surface area contributed by atoms with Gasteiger partial charge < -0.3 is 5.32 Å². The van der Waals surface area contributed by atoms with Crippen LogP contribution in [0.3, 0.4) is 0 Å². The van der Waals surface area contributed by atoms with Crippen LogP contribution in [0.25, 0.3) is 0 Å². The fraction of sp³-hybridized carbons (Fsp3) is 0.750. The minimum absolute atomic E-state index is 0.481. The summed E-state index contributed by atoms with van der Waals surface area (Å²) >= 11 is 0. The van der Waals surface area contributed by atoms with E-state index in [1.165, 1.54) is 0 Å². The fourth-order valence-corrected chi connectivity index (χ4v) is 0.383. The zero-order valence-corrected chi connectivity index (χ0v) is 6.49. The van der Waals surface area contributed by atoms with Crippen molar-refractivity contribution in [2.24, 2.45) is 5.92 Å². The topological polar surface area (TPSA) is 12.0 Å². The van der Waals surface area contributed by atoms with Crippen LogP contribution in [0.2, 0.25) is 0 Å². The molecule has 0 aliphatic heterocycles. The first kappa shape index (κ1) is 8.36. The van der Waals surface area contributed by atoms with Gasteiger partial charge in [0.25, 0.3) is 0 Å². The van der Waals surface area contributed by atoms with E-state index in [2.05, 4.69) is 38.1 Å². The van der Waals surface area contributed by atoms with Gasteiger partial charge in [0.1, 0.15) is 0 Å². The van der Waals surface area contributed by atoms with Crippen molar-refractivity contribution in [3.63, 3.8) is 0 Å². The molecule has 0 unspecified atom stereocenters. The van der Waals surface area contributed by atoms with Crippen molar-refractivity contribution in [1.82, 2.24) is 5.32 Å². The second-order valence-electron chi connectivity index (χ2n) is 2.35. The van der Waals surface area contributed by atoms with E-state index in [0.717, 1.165) is 13.0 Å². The molecule has 0 aliphatic rings. The van der Waals surface area contributed by atoms with Gasteiger partial charge in [0.05, 0.1) is 0 Å². The molecule has 0 saturated carbocycles. The van der Waals surface area contributed by atoms with Gasteiger partial charge in [-0.15, -0.1) is 0 Å². The molecule has 0 spiro atoms. The second-order valence-corrected chi connectivity index (χ2v) is 2.35. The van der Waals surface area contributed by atoms with Crippen LogP contribution in [0.15, 0.2) is 0 Å². The highest BCUT2D eigenvalue weighted by Gasteiger charge is 1.79. The predicted octanol–water partition coefficient (Wildman–Crippen LogP) is 1.60. The van der Waals surface area contributed by atoms with Gasteiger partial charge >= 0.3 is 0 Å². The monoisotopic (exact) mass is 125 g/mol. The van der Waals surface area contributed by atoms with E-state index in [9.17, 15) is 0 Å². The lowest BCUT2D eigenvalue weighted by Crippen LogP contribution is -2.05. The molecule has 1 nitrogen and oxygen atoms in total. The third-order valence-corrected chi connectivity index (χ3v) is 0.824. The molecule has 0 aromatic heterocycles. The lowest BCUT2D eigenvalue weighted by Gasteiger charge is -1.91. The Kier molecular flexibility index (Phi) is 5.11. The number of rotatable bonds is 2. The number of hydrogen-bond acceptors (Lipinski definition) is 1. The molecule has 9 heavy (non-hydrogen) atoms. The van der Waals surface area contributed by atoms with E-state index >= 15 is 0 Å². The third-order valence-electron chi connectivity index (χ3n) is 0.824. The molecule has 0 amide bonds. The molecule has 0 saturated heterocycles. The summed E-state index contributed by atoms with van der Waals surface area (Å²) in [7, 11) is 0. The first-order valence-electron chi connectivity index (χ1n) is 3.50. The Bertz CT molecular complexity index is 105. The highest BCUT2D eigenvalue weighted by Crippen LogP contribution is 1.83. The normalized spacial score (nSPS) is 8.44. The zero-order valence-electron chi connectivity index (χ0n) is 6.49. The minimum Gasteiger partial charge on any atom is -0.346 e. The molecule has 0 aromatic rings. The van der Waals surface area contributed by atoms with Gasteiger partial charge in [-0.3, -0.25) is 0 Å².